The molecule has 0 aromatic carbocycles. The van der Waals surface area contributed by atoms with Crippen LogP contribution in [0.5, 0.6) is 5.88 Å². The average molecular weight is 222 g/mol. The summed E-state index contributed by atoms with van der Waals surface area (Å²) in [5, 5.41) is 6.66. The number of rotatable bonds is 4. The SMILES string of the molecule is CCOc1ccnc(NC2CCNCC2)n1. The quantitative estimate of drug-likeness (QED) is 0.797. The number of anilines is 1. The molecule has 2 rings (SSSR count). The third-order valence-electron chi connectivity index (χ3n) is 2.59. The second kappa shape index (κ2) is 5.65. The normalized spacial score (nSPS) is 17.1. The zero-order valence-corrected chi connectivity index (χ0v) is 9.57. The van der Waals surface area contributed by atoms with Crippen LogP contribution in [0.25, 0.3) is 0 Å². The van der Waals surface area contributed by atoms with Crippen molar-refractivity contribution < 1.29 is 4.74 Å². The van der Waals surface area contributed by atoms with Crippen LogP contribution in [0.4, 0.5) is 5.95 Å². The van der Waals surface area contributed by atoms with Gasteiger partial charge >= 0.3 is 0 Å². The molecule has 0 aliphatic carbocycles. The molecule has 1 aromatic rings. The first-order valence-electron chi connectivity index (χ1n) is 5.81. The first kappa shape index (κ1) is 11.1. The van der Waals surface area contributed by atoms with Crippen molar-refractivity contribution in [1.82, 2.24) is 15.3 Å². The molecule has 1 fully saturated rings. The van der Waals surface area contributed by atoms with E-state index in [4.69, 9.17) is 4.74 Å². The molecule has 5 nitrogen and oxygen atoms in total. The van der Waals surface area contributed by atoms with Gasteiger partial charge in [0.05, 0.1) is 6.61 Å². The highest BCUT2D eigenvalue weighted by atomic mass is 16.5. The molecule has 1 saturated heterocycles. The van der Waals surface area contributed by atoms with Crippen LogP contribution >= 0.6 is 0 Å². The van der Waals surface area contributed by atoms with Gasteiger partial charge in [-0.05, 0) is 32.9 Å². The Hall–Kier alpha value is -1.36. The van der Waals surface area contributed by atoms with Gasteiger partial charge in [0.25, 0.3) is 0 Å². The molecule has 2 N–H and O–H groups in total. The minimum Gasteiger partial charge on any atom is -0.478 e. The van der Waals surface area contributed by atoms with Gasteiger partial charge in [0.2, 0.25) is 11.8 Å². The molecular weight excluding hydrogens is 204 g/mol. The summed E-state index contributed by atoms with van der Waals surface area (Å²) in [6.07, 6.45) is 3.95. The van der Waals surface area contributed by atoms with E-state index < -0.39 is 0 Å². The van der Waals surface area contributed by atoms with Gasteiger partial charge < -0.3 is 15.4 Å². The van der Waals surface area contributed by atoms with Gasteiger partial charge in [0, 0.05) is 18.3 Å². The zero-order chi connectivity index (χ0) is 11.2. The van der Waals surface area contributed by atoms with Crippen LogP contribution in [0, 0.1) is 0 Å². The molecule has 1 aliphatic heterocycles. The number of nitrogens with one attached hydrogen (secondary N) is 2. The Morgan fingerprint density at radius 2 is 2.31 bits per heavy atom. The lowest BCUT2D eigenvalue weighted by atomic mass is 10.1. The highest BCUT2D eigenvalue weighted by molar-refractivity contribution is 5.29. The lowest BCUT2D eigenvalue weighted by molar-refractivity contribution is 0.326. The summed E-state index contributed by atoms with van der Waals surface area (Å²) >= 11 is 0. The van der Waals surface area contributed by atoms with E-state index in [1.807, 2.05) is 6.92 Å². The highest BCUT2D eigenvalue weighted by Gasteiger charge is 2.13. The Labute approximate surface area is 95.6 Å². The Kier molecular flexibility index (Phi) is 3.93. The van der Waals surface area contributed by atoms with Crippen molar-refractivity contribution in [3.63, 3.8) is 0 Å². The number of nitrogens with zero attached hydrogens (tertiary/aromatic N) is 2. The fraction of sp³-hybridized carbons (Fsp3) is 0.636. The van der Waals surface area contributed by atoms with Crippen molar-refractivity contribution in [2.75, 3.05) is 25.0 Å². The lowest BCUT2D eigenvalue weighted by Gasteiger charge is -2.23. The summed E-state index contributed by atoms with van der Waals surface area (Å²) < 4.78 is 5.33. The van der Waals surface area contributed by atoms with Gasteiger partial charge in [0.15, 0.2) is 0 Å². The molecule has 0 bridgehead atoms. The van der Waals surface area contributed by atoms with E-state index in [9.17, 15) is 0 Å². The number of piperidine rings is 1. The van der Waals surface area contributed by atoms with Crippen LogP contribution in [0.2, 0.25) is 0 Å². The second-order valence-electron chi connectivity index (χ2n) is 3.82. The topological polar surface area (TPSA) is 59.1 Å². The number of ether oxygens (including phenoxy) is 1. The largest absolute Gasteiger partial charge is 0.478 e. The molecule has 88 valence electrons. The molecule has 0 radical (unpaired) electrons. The van der Waals surface area contributed by atoms with Crippen LogP contribution in [-0.4, -0.2) is 35.7 Å². The molecule has 2 heterocycles. The van der Waals surface area contributed by atoms with Crippen molar-refractivity contribution in [1.29, 1.82) is 0 Å². The van der Waals surface area contributed by atoms with Gasteiger partial charge in [-0.15, -0.1) is 0 Å². The zero-order valence-electron chi connectivity index (χ0n) is 9.57. The van der Waals surface area contributed by atoms with E-state index >= 15 is 0 Å². The third kappa shape index (κ3) is 3.06. The van der Waals surface area contributed by atoms with Crippen LogP contribution in [0.3, 0.4) is 0 Å². The van der Waals surface area contributed by atoms with Crippen molar-refractivity contribution in [3.8, 4) is 5.88 Å². The highest BCUT2D eigenvalue weighted by Crippen LogP contribution is 2.12. The molecule has 0 amide bonds. The molecule has 5 heteroatoms. The maximum atomic E-state index is 5.33. The van der Waals surface area contributed by atoms with Gasteiger partial charge in [-0.2, -0.15) is 4.98 Å². The standard InChI is InChI=1S/C11H18N4O/c1-2-16-10-5-8-13-11(15-10)14-9-3-6-12-7-4-9/h5,8-9,12H,2-4,6-7H2,1H3,(H,13,14,15). The maximum absolute atomic E-state index is 5.33. The van der Waals surface area contributed by atoms with Crippen molar-refractivity contribution in [2.24, 2.45) is 0 Å². The monoisotopic (exact) mass is 222 g/mol. The van der Waals surface area contributed by atoms with Gasteiger partial charge in [-0.1, -0.05) is 0 Å². The van der Waals surface area contributed by atoms with E-state index in [2.05, 4.69) is 20.6 Å². The number of hydrogen-bond donors (Lipinski definition) is 2. The predicted octanol–water partition coefficient (Wildman–Crippen LogP) is 1.04. The van der Waals surface area contributed by atoms with Gasteiger partial charge in [-0.25, -0.2) is 4.98 Å². The summed E-state index contributed by atoms with van der Waals surface area (Å²) in [5.41, 5.74) is 0. The lowest BCUT2D eigenvalue weighted by Crippen LogP contribution is -2.35. The van der Waals surface area contributed by atoms with E-state index in [0.717, 1.165) is 25.9 Å². The summed E-state index contributed by atoms with van der Waals surface area (Å²) in [4.78, 5) is 8.48. The molecule has 0 saturated carbocycles. The summed E-state index contributed by atoms with van der Waals surface area (Å²) in [7, 11) is 0. The Morgan fingerprint density at radius 3 is 3.06 bits per heavy atom. The summed E-state index contributed by atoms with van der Waals surface area (Å²) in [5.74, 6) is 1.30. The molecule has 0 spiro atoms. The van der Waals surface area contributed by atoms with Crippen molar-refractivity contribution in [2.45, 2.75) is 25.8 Å². The Morgan fingerprint density at radius 1 is 1.50 bits per heavy atom. The molecule has 0 atom stereocenters. The first-order valence-corrected chi connectivity index (χ1v) is 5.81. The first-order chi connectivity index (χ1) is 7.88. The number of hydrogen-bond acceptors (Lipinski definition) is 5. The van der Waals surface area contributed by atoms with Crippen LogP contribution in [0.1, 0.15) is 19.8 Å². The minimum absolute atomic E-state index is 0.470. The predicted molar refractivity (Wildman–Crippen MR) is 62.7 cm³/mol. The van der Waals surface area contributed by atoms with E-state index in [0.29, 0.717) is 24.5 Å². The fourth-order valence-corrected chi connectivity index (χ4v) is 1.79. The van der Waals surface area contributed by atoms with E-state index in [1.54, 1.807) is 12.3 Å². The molecule has 1 aromatic heterocycles. The molecule has 0 unspecified atom stereocenters. The Balaban J connectivity index is 1.94. The fourth-order valence-electron chi connectivity index (χ4n) is 1.79. The Bertz CT molecular complexity index is 326. The van der Waals surface area contributed by atoms with Crippen molar-refractivity contribution >= 4 is 5.95 Å². The smallest absolute Gasteiger partial charge is 0.226 e. The van der Waals surface area contributed by atoms with Gasteiger partial charge in [0.1, 0.15) is 0 Å². The maximum Gasteiger partial charge on any atom is 0.226 e. The summed E-state index contributed by atoms with van der Waals surface area (Å²) in [6.45, 7) is 4.69. The average Bonchev–Trinajstić information content (AvgIpc) is 2.31. The van der Waals surface area contributed by atoms with E-state index in [-0.39, 0.29) is 0 Å². The van der Waals surface area contributed by atoms with E-state index in [1.165, 1.54) is 0 Å². The van der Waals surface area contributed by atoms with Crippen LogP contribution < -0.4 is 15.4 Å². The van der Waals surface area contributed by atoms with Crippen LogP contribution in [0.15, 0.2) is 12.3 Å². The molecular formula is C11H18N4O. The van der Waals surface area contributed by atoms with Crippen molar-refractivity contribution in [3.05, 3.63) is 12.3 Å². The number of aromatic nitrogens is 2. The molecule has 16 heavy (non-hydrogen) atoms. The summed E-state index contributed by atoms with van der Waals surface area (Å²) in [6, 6.07) is 2.25. The van der Waals surface area contributed by atoms with Gasteiger partial charge in [-0.3, -0.25) is 0 Å². The minimum atomic E-state index is 0.470. The molecule has 1 aliphatic rings. The second-order valence-corrected chi connectivity index (χ2v) is 3.82. The third-order valence-corrected chi connectivity index (χ3v) is 2.59. The van der Waals surface area contributed by atoms with Crippen LogP contribution in [-0.2, 0) is 0 Å².